The second-order valence-corrected chi connectivity index (χ2v) is 10.2. The van der Waals surface area contributed by atoms with E-state index in [2.05, 4.69) is 31.2 Å². The maximum absolute atomic E-state index is 12.0. The number of imidazole rings is 1. The normalized spacial score (nSPS) is 12.1. The Morgan fingerprint density at radius 2 is 1.87 bits per heavy atom. The van der Waals surface area contributed by atoms with Gasteiger partial charge in [-0.3, -0.25) is 9.78 Å². The van der Waals surface area contributed by atoms with Gasteiger partial charge in [-0.2, -0.15) is 0 Å². The lowest BCUT2D eigenvalue weighted by Gasteiger charge is -2.16. The SMILES string of the molecule is Cn1c(Nc2ccc(Br)cc2)nc2cc(Oc3ccnc(C(CC(N)=O)c4c[nH]c5ccccc45)c3)ccc21. The van der Waals surface area contributed by atoms with Crippen LogP contribution in [-0.4, -0.2) is 25.4 Å². The number of amides is 1. The van der Waals surface area contributed by atoms with Gasteiger partial charge >= 0.3 is 0 Å². The van der Waals surface area contributed by atoms with Gasteiger partial charge < -0.3 is 25.3 Å². The first-order valence-corrected chi connectivity index (χ1v) is 13.2. The summed E-state index contributed by atoms with van der Waals surface area (Å²) in [6.07, 6.45) is 3.74. The molecule has 1 amide bonds. The highest BCUT2D eigenvalue weighted by Crippen LogP contribution is 2.35. The molecular formula is C30H25BrN6O2. The minimum absolute atomic E-state index is 0.131. The van der Waals surface area contributed by atoms with Crippen molar-refractivity contribution < 1.29 is 9.53 Å². The van der Waals surface area contributed by atoms with E-state index in [1.54, 1.807) is 12.3 Å². The largest absolute Gasteiger partial charge is 0.457 e. The number of anilines is 2. The third-order valence-corrected chi connectivity index (χ3v) is 7.23. The highest BCUT2D eigenvalue weighted by Gasteiger charge is 2.22. The Bertz CT molecular complexity index is 1810. The fourth-order valence-electron chi connectivity index (χ4n) is 4.79. The number of aromatic amines is 1. The molecule has 8 nitrogen and oxygen atoms in total. The summed E-state index contributed by atoms with van der Waals surface area (Å²) in [7, 11) is 1.97. The summed E-state index contributed by atoms with van der Waals surface area (Å²) in [5.41, 5.74) is 11.0. The molecule has 1 unspecified atom stereocenters. The number of rotatable bonds is 8. The number of primary amides is 1. The molecular weight excluding hydrogens is 556 g/mol. The molecule has 0 saturated carbocycles. The maximum atomic E-state index is 12.0. The number of pyridine rings is 1. The summed E-state index contributed by atoms with van der Waals surface area (Å²) in [6.45, 7) is 0. The van der Waals surface area contributed by atoms with Crippen LogP contribution in [0.15, 0.2) is 95.7 Å². The number of ether oxygens (including phenoxy) is 1. The monoisotopic (exact) mass is 580 g/mol. The van der Waals surface area contributed by atoms with Gasteiger partial charge in [0.15, 0.2) is 0 Å². The summed E-state index contributed by atoms with van der Waals surface area (Å²) in [5.74, 6) is 1.27. The Kier molecular flexibility index (Phi) is 6.50. The molecule has 3 aromatic carbocycles. The Morgan fingerprint density at radius 3 is 2.69 bits per heavy atom. The number of nitrogens with zero attached hydrogens (tertiary/aromatic N) is 3. The zero-order valence-corrected chi connectivity index (χ0v) is 22.6. The molecule has 194 valence electrons. The number of carbonyl (C=O) groups is 1. The predicted molar refractivity (Wildman–Crippen MR) is 156 cm³/mol. The summed E-state index contributed by atoms with van der Waals surface area (Å²) in [4.78, 5) is 24.6. The van der Waals surface area contributed by atoms with Gasteiger partial charge in [0.25, 0.3) is 0 Å². The highest BCUT2D eigenvalue weighted by molar-refractivity contribution is 9.10. The van der Waals surface area contributed by atoms with E-state index in [0.29, 0.717) is 17.2 Å². The summed E-state index contributed by atoms with van der Waals surface area (Å²) in [5, 5.41) is 4.39. The third-order valence-electron chi connectivity index (χ3n) is 6.70. The van der Waals surface area contributed by atoms with E-state index in [-0.39, 0.29) is 12.3 Å². The fourth-order valence-corrected chi connectivity index (χ4v) is 5.06. The number of para-hydroxylation sites is 1. The van der Waals surface area contributed by atoms with Gasteiger partial charge in [-0.1, -0.05) is 34.1 Å². The molecule has 0 fully saturated rings. The van der Waals surface area contributed by atoms with E-state index in [0.717, 1.165) is 43.6 Å². The Balaban J connectivity index is 1.28. The number of aromatic nitrogens is 4. The lowest BCUT2D eigenvalue weighted by atomic mass is 9.91. The second-order valence-electron chi connectivity index (χ2n) is 9.31. The average Bonchev–Trinajstić information content (AvgIpc) is 3.49. The van der Waals surface area contributed by atoms with Crippen molar-refractivity contribution in [1.82, 2.24) is 19.5 Å². The molecule has 39 heavy (non-hydrogen) atoms. The van der Waals surface area contributed by atoms with Crippen molar-refractivity contribution in [3.8, 4) is 11.5 Å². The predicted octanol–water partition coefficient (Wildman–Crippen LogP) is 6.76. The molecule has 6 aromatic rings. The standard InChI is InChI=1S/C30H25BrN6O2/c1-37-28-11-10-20(15-27(28)36-30(37)35-19-8-6-18(31)7-9-19)39-21-12-13-33-26(14-21)23(16-29(32)38)24-17-34-25-5-3-2-4-22(24)25/h2-15,17,23,34H,16H2,1H3,(H2,32,38)(H,35,36). The molecule has 1 atom stereocenters. The van der Waals surface area contributed by atoms with Gasteiger partial charge in [0, 0.05) is 65.0 Å². The van der Waals surface area contributed by atoms with Crippen LogP contribution in [0.25, 0.3) is 21.9 Å². The van der Waals surface area contributed by atoms with Crippen LogP contribution in [0.1, 0.15) is 23.6 Å². The van der Waals surface area contributed by atoms with Crippen molar-refractivity contribution in [3.63, 3.8) is 0 Å². The second kappa shape index (κ2) is 10.3. The summed E-state index contributed by atoms with van der Waals surface area (Å²) in [6, 6.07) is 25.4. The zero-order chi connectivity index (χ0) is 26.9. The summed E-state index contributed by atoms with van der Waals surface area (Å²) < 4.78 is 9.25. The Morgan fingerprint density at radius 1 is 1.08 bits per heavy atom. The quantitative estimate of drug-likeness (QED) is 0.184. The van der Waals surface area contributed by atoms with Crippen LogP contribution >= 0.6 is 15.9 Å². The molecule has 3 aromatic heterocycles. The van der Waals surface area contributed by atoms with Crippen LogP contribution in [0.3, 0.4) is 0 Å². The molecule has 9 heteroatoms. The van der Waals surface area contributed by atoms with Crippen LogP contribution in [0, 0.1) is 0 Å². The number of nitrogens with two attached hydrogens (primary N) is 1. The highest BCUT2D eigenvalue weighted by atomic mass is 79.9. The molecule has 4 N–H and O–H groups in total. The lowest BCUT2D eigenvalue weighted by molar-refractivity contribution is -0.118. The van der Waals surface area contributed by atoms with Gasteiger partial charge in [-0.15, -0.1) is 0 Å². The minimum atomic E-state index is -0.397. The smallest absolute Gasteiger partial charge is 0.218 e. The number of H-pyrrole nitrogens is 1. The summed E-state index contributed by atoms with van der Waals surface area (Å²) >= 11 is 3.46. The topological polar surface area (TPSA) is 111 Å². The number of hydrogen-bond acceptors (Lipinski definition) is 5. The first kappa shape index (κ1) is 24.7. The number of hydrogen-bond donors (Lipinski definition) is 3. The number of fused-ring (bicyclic) bond motifs is 2. The molecule has 3 heterocycles. The first-order chi connectivity index (χ1) is 18.9. The maximum Gasteiger partial charge on any atom is 0.218 e. The molecule has 0 aliphatic rings. The van der Waals surface area contributed by atoms with E-state index >= 15 is 0 Å². The number of aryl methyl sites for hydroxylation is 1. The average molecular weight is 581 g/mol. The van der Waals surface area contributed by atoms with Crippen molar-refractivity contribution in [1.29, 1.82) is 0 Å². The molecule has 0 aliphatic heterocycles. The molecule has 6 rings (SSSR count). The van der Waals surface area contributed by atoms with E-state index in [1.165, 1.54) is 0 Å². The van der Waals surface area contributed by atoms with Crippen molar-refractivity contribution in [3.05, 3.63) is 107 Å². The number of nitrogens with one attached hydrogen (secondary N) is 2. The van der Waals surface area contributed by atoms with Crippen molar-refractivity contribution >= 4 is 55.4 Å². The number of halogens is 1. The van der Waals surface area contributed by atoms with E-state index in [4.69, 9.17) is 15.5 Å². The number of benzene rings is 3. The molecule has 0 saturated heterocycles. The Labute approximate surface area is 233 Å². The van der Waals surface area contributed by atoms with Crippen molar-refractivity contribution in [2.45, 2.75) is 12.3 Å². The molecule has 0 bridgehead atoms. The van der Waals surface area contributed by atoms with Gasteiger partial charge in [-0.05, 0) is 54.1 Å². The van der Waals surface area contributed by atoms with Crippen LogP contribution in [0.4, 0.5) is 11.6 Å². The van der Waals surface area contributed by atoms with Crippen LogP contribution in [0.2, 0.25) is 0 Å². The molecule has 0 aliphatic carbocycles. The molecule has 0 radical (unpaired) electrons. The van der Waals surface area contributed by atoms with Gasteiger partial charge in [0.05, 0.1) is 16.7 Å². The van der Waals surface area contributed by atoms with Gasteiger partial charge in [-0.25, -0.2) is 4.98 Å². The third kappa shape index (κ3) is 5.08. The Hall–Kier alpha value is -4.63. The fraction of sp³-hybridized carbons (Fsp3) is 0.100. The zero-order valence-electron chi connectivity index (χ0n) is 21.1. The van der Waals surface area contributed by atoms with Gasteiger partial charge in [0.1, 0.15) is 11.5 Å². The van der Waals surface area contributed by atoms with Gasteiger partial charge in [0.2, 0.25) is 11.9 Å². The van der Waals surface area contributed by atoms with Crippen LogP contribution in [-0.2, 0) is 11.8 Å². The minimum Gasteiger partial charge on any atom is -0.457 e. The van der Waals surface area contributed by atoms with E-state index in [9.17, 15) is 4.79 Å². The molecule has 0 spiro atoms. The lowest BCUT2D eigenvalue weighted by Crippen LogP contribution is -2.16. The van der Waals surface area contributed by atoms with E-state index in [1.807, 2.05) is 90.6 Å². The van der Waals surface area contributed by atoms with Crippen LogP contribution < -0.4 is 15.8 Å². The van der Waals surface area contributed by atoms with Crippen molar-refractivity contribution in [2.24, 2.45) is 12.8 Å². The number of carbonyl (C=O) groups excluding carboxylic acids is 1. The van der Waals surface area contributed by atoms with E-state index < -0.39 is 5.91 Å². The van der Waals surface area contributed by atoms with Crippen molar-refractivity contribution in [2.75, 3.05) is 5.32 Å². The first-order valence-electron chi connectivity index (χ1n) is 12.4. The van der Waals surface area contributed by atoms with Crippen LogP contribution in [0.5, 0.6) is 11.5 Å².